The van der Waals surface area contributed by atoms with Gasteiger partial charge in [0.25, 0.3) is 5.91 Å². The third-order valence-corrected chi connectivity index (χ3v) is 2.65. The molecule has 1 aliphatic rings. The summed E-state index contributed by atoms with van der Waals surface area (Å²) in [5.74, 6) is -0.621. The molecule has 5 heteroatoms. The molecule has 0 saturated carbocycles. The van der Waals surface area contributed by atoms with Gasteiger partial charge in [-0.25, -0.2) is 4.39 Å². The summed E-state index contributed by atoms with van der Waals surface area (Å²) in [6.45, 7) is 2.22. The number of hydrogen-bond donors (Lipinski definition) is 1. The lowest BCUT2D eigenvalue weighted by Gasteiger charge is -2.28. The van der Waals surface area contributed by atoms with Gasteiger partial charge in [0.05, 0.1) is 13.2 Å². The number of morpholine rings is 1. The minimum Gasteiger partial charge on any atom is -0.378 e. The second-order valence-corrected chi connectivity index (χ2v) is 3.83. The number of nitrogens with zero attached hydrogens (tertiary/aromatic N) is 1. The predicted molar refractivity (Wildman–Crippen MR) is 64.1 cm³/mol. The highest BCUT2D eigenvalue weighted by molar-refractivity contribution is 5.91. The molecule has 0 atom stereocenters. The van der Waals surface area contributed by atoms with Crippen LogP contribution in [-0.2, 0) is 9.53 Å². The molecule has 1 heterocycles. The van der Waals surface area contributed by atoms with Crippen molar-refractivity contribution >= 4 is 17.3 Å². The largest absolute Gasteiger partial charge is 0.378 e. The van der Waals surface area contributed by atoms with E-state index >= 15 is 0 Å². The van der Waals surface area contributed by atoms with Crippen LogP contribution in [-0.4, -0.2) is 38.9 Å². The smallest absolute Gasteiger partial charge is 0.255 e. The average molecular weight is 238 g/mol. The minimum absolute atomic E-state index is 0.615. The number of carbonyl (C=O) groups is 1. The number of halogens is 1. The maximum absolute atomic E-state index is 12.0. The first kappa shape index (κ1) is 11.9. The van der Waals surface area contributed by atoms with Crippen LogP contribution in [0.1, 0.15) is 0 Å². The Bertz CT molecular complexity index is 375. The number of rotatable bonds is 3. The van der Waals surface area contributed by atoms with Crippen LogP contribution in [0, 0.1) is 0 Å². The third-order valence-electron chi connectivity index (χ3n) is 2.65. The van der Waals surface area contributed by atoms with Crippen molar-refractivity contribution < 1.29 is 13.9 Å². The summed E-state index contributed by atoms with van der Waals surface area (Å²) in [5.41, 5.74) is 1.70. The molecule has 1 saturated heterocycles. The van der Waals surface area contributed by atoms with E-state index in [2.05, 4.69) is 10.2 Å². The Morgan fingerprint density at radius 3 is 2.53 bits per heavy atom. The topological polar surface area (TPSA) is 41.6 Å². The van der Waals surface area contributed by atoms with E-state index in [1.807, 2.05) is 12.1 Å². The van der Waals surface area contributed by atoms with Gasteiger partial charge in [-0.2, -0.15) is 0 Å². The summed E-state index contributed by atoms with van der Waals surface area (Å²) in [4.78, 5) is 13.1. The molecule has 0 unspecified atom stereocenters. The van der Waals surface area contributed by atoms with Crippen molar-refractivity contribution in [1.82, 2.24) is 0 Å². The fourth-order valence-corrected chi connectivity index (χ4v) is 1.77. The number of benzene rings is 1. The zero-order chi connectivity index (χ0) is 12.1. The number of anilines is 2. The van der Waals surface area contributed by atoms with Crippen LogP contribution >= 0.6 is 0 Å². The molecular weight excluding hydrogens is 223 g/mol. The molecular formula is C12H15FN2O2. The van der Waals surface area contributed by atoms with E-state index in [9.17, 15) is 9.18 Å². The van der Waals surface area contributed by atoms with Gasteiger partial charge in [0.15, 0.2) is 6.67 Å². The first-order valence-corrected chi connectivity index (χ1v) is 5.58. The molecule has 0 bridgehead atoms. The fourth-order valence-electron chi connectivity index (χ4n) is 1.77. The summed E-state index contributed by atoms with van der Waals surface area (Å²) in [7, 11) is 0. The lowest BCUT2D eigenvalue weighted by molar-refractivity contribution is -0.117. The molecule has 17 heavy (non-hydrogen) atoms. The second-order valence-electron chi connectivity index (χ2n) is 3.83. The normalized spacial score (nSPS) is 15.7. The number of alkyl halides is 1. The van der Waals surface area contributed by atoms with Crippen molar-refractivity contribution in [2.75, 3.05) is 43.2 Å². The Labute approximate surface area is 99.4 Å². The van der Waals surface area contributed by atoms with E-state index in [0.717, 1.165) is 32.0 Å². The second kappa shape index (κ2) is 5.63. The fraction of sp³-hybridized carbons (Fsp3) is 0.417. The standard InChI is InChI=1S/C12H15FN2O2/c13-9-12(16)14-10-1-3-11(4-2-10)15-5-7-17-8-6-15/h1-4H,5-9H2,(H,14,16). The maximum Gasteiger partial charge on any atom is 0.255 e. The molecule has 4 nitrogen and oxygen atoms in total. The average Bonchev–Trinajstić information content (AvgIpc) is 2.40. The number of carbonyl (C=O) groups excluding carboxylic acids is 1. The highest BCUT2D eigenvalue weighted by Crippen LogP contribution is 2.18. The minimum atomic E-state index is -0.995. The Kier molecular flexibility index (Phi) is 3.93. The van der Waals surface area contributed by atoms with Gasteiger partial charge in [-0.05, 0) is 24.3 Å². The van der Waals surface area contributed by atoms with Crippen LogP contribution in [0.4, 0.5) is 15.8 Å². The van der Waals surface area contributed by atoms with Gasteiger partial charge in [-0.1, -0.05) is 0 Å². The molecule has 1 N–H and O–H groups in total. The molecule has 92 valence electrons. The van der Waals surface area contributed by atoms with Crippen LogP contribution in [0.3, 0.4) is 0 Å². The summed E-state index contributed by atoms with van der Waals surface area (Å²) in [6, 6.07) is 7.38. The SMILES string of the molecule is O=C(CF)Nc1ccc(N2CCOCC2)cc1. The first-order chi connectivity index (χ1) is 8.29. The van der Waals surface area contributed by atoms with E-state index in [0.29, 0.717) is 5.69 Å². The van der Waals surface area contributed by atoms with Gasteiger partial charge in [0, 0.05) is 24.5 Å². The monoisotopic (exact) mass is 238 g/mol. The van der Waals surface area contributed by atoms with Gasteiger partial charge < -0.3 is 15.0 Å². The quantitative estimate of drug-likeness (QED) is 0.866. The summed E-state index contributed by atoms with van der Waals surface area (Å²) in [6.07, 6.45) is 0. The van der Waals surface area contributed by atoms with Crippen LogP contribution in [0.2, 0.25) is 0 Å². The molecule has 1 aromatic carbocycles. The van der Waals surface area contributed by atoms with E-state index in [1.54, 1.807) is 12.1 Å². The van der Waals surface area contributed by atoms with Gasteiger partial charge in [0.2, 0.25) is 0 Å². The van der Waals surface area contributed by atoms with Gasteiger partial charge in [-0.15, -0.1) is 0 Å². The Morgan fingerprint density at radius 2 is 1.94 bits per heavy atom. The third kappa shape index (κ3) is 3.17. The molecule has 1 fully saturated rings. The van der Waals surface area contributed by atoms with E-state index in [-0.39, 0.29) is 0 Å². The van der Waals surface area contributed by atoms with E-state index in [4.69, 9.17) is 4.74 Å². The number of hydrogen-bond acceptors (Lipinski definition) is 3. The molecule has 1 aliphatic heterocycles. The van der Waals surface area contributed by atoms with Gasteiger partial charge >= 0.3 is 0 Å². The summed E-state index contributed by atoms with van der Waals surface area (Å²) in [5, 5.41) is 2.46. The molecule has 0 spiro atoms. The Balaban J connectivity index is 1.99. The van der Waals surface area contributed by atoms with Crippen molar-refractivity contribution in [3.8, 4) is 0 Å². The predicted octanol–water partition coefficient (Wildman–Crippen LogP) is 1.43. The molecule has 0 aliphatic carbocycles. The van der Waals surface area contributed by atoms with Crippen LogP contribution < -0.4 is 10.2 Å². The highest BCUT2D eigenvalue weighted by atomic mass is 19.1. The van der Waals surface area contributed by atoms with Crippen LogP contribution in [0.15, 0.2) is 24.3 Å². The van der Waals surface area contributed by atoms with Crippen molar-refractivity contribution in [3.63, 3.8) is 0 Å². The van der Waals surface area contributed by atoms with Crippen molar-refractivity contribution in [3.05, 3.63) is 24.3 Å². The van der Waals surface area contributed by atoms with Crippen LogP contribution in [0.5, 0.6) is 0 Å². The van der Waals surface area contributed by atoms with E-state index in [1.165, 1.54) is 0 Å². The van der Waals surface area contributed by atoms with Gasteiger partial charge in [0.1, 0.15) is 0 Å². The lowest BCUT2D eigenvalue weighted by atomic mass is 10.2. The molecule has 0 aromatic heterocycles. The maximum atomic E-state index is 12.0. The number of nitrogens with one attached hydrogen (secondary N) is 1. The number of amides is 1. The Hall–Kier alpha value is -1.62. The highest BCUT2D eigenvalue weighted by Gasteiger charge is 2.10. The molecule has 1 amide bonds. The summed E-state index contributed by atoms with van der Waals surface area (Å²) < 4.78 is 17.3. The van der Waals surface area contributed by atoms with Crippen molar-refractivity contribution in [2.45, 2.75) is 0 Å². The number of ether oxygens (including phenoxy) is 1. The van der Waals surface area contributed by atoms with Crippen molar-refractivity contribution in [1.29, 1.82) is 0 Å². The first-order valence-electron chi connectivity index (χ1n) is 5.58. The summed E-state index contributed by atoms with van der Waals surface area (Å²) >= 11 is 0. The zero-order valence-corrected chi connectivity index (χ0v) is 9.49. The molecule has 1 aromatic rings. The van der Waals surface area contributed by atoms with E-state index < -0.39 is 12.6 Å². The van der Waals surface area contributed by atoms with Crippen LogP contribution in [0.25, 0.3) is 0 Å². The molecule has 0 radical (unpaired) electrons. The lowest BCUT2D eigenvalue weighted by Crippen LogP contribution is -2.36. The Morgan fingerprint density at radius 1 is 1.29 bits per heavy atom. The van der Waals surface area contributed by atoms with Gasteiger partial charge in [-0.3, -0.25) is 4.79 Å². The molecule has 2 rings (SSSR count). The zero-order valence-electron chi connectivity index (χ0n) is 9.49. The van der Waals surface area contributed by atoms with Crippen molar-refractivity contribution in [2.24, 2.45) is 0 Å².